The molecule has 27 heavy (non-hydrogen) atoms. The number of hydrogen-bond donors (Lipinski definition) is 1. The summed E-state index contributed by atoms with van der Waals surface area (Å²) in [5, 5.41) is 3.01. The monoisotopic (exact) mass is 369 g/mol. The molecule has 1 fully saturated rings. The third-order valence-electron chi connectivity index (χ3n) is 4.98. The second kappa shape index (κ2) is 7.79. The number of nitrogens with zero attached hydrogens (tertiary/aromatic N) is 4. The lowest BCUT2D eigenvalue weighted by Crippen LogP contribution is -2.54. The van der Waals surface area contributed by atoms with Crippen LogP contribution in [0.3, 0.4) is 0 Å². The Morgan fingerprint density at radius 2 is 1.89 bits per heavy atom. The van der Waals surface area contributed by atoms with Crippen LogP contribution in [0, 0.1) is 0 Å². The molecule has 1 saturated heterocycles. The van der Waals surface area contributed by atoms with Crippen LogP contribution in [0.2, 0.25) is 0 Å². The normalized spacial score (nSPS) is 17.6. The minimum atomic E-state index is -0.183. The molecule has 3 heterocycles. The molecule has 0 aliphatic carbocycles. The Kier molecular flexibility index (Phi) is 5.06. The van der Waals surface area contributed by atoms with Crippen molar-refractivity contribution in [2.75, 3.05) is 37.9 Å². The summed E-state index contributed by atoms with van der Waals surface area (Å²) in [6.45, 7) is 5.89. The first kappa shape index (κ1) is 17.5. The van der Waals surface area contributed by atoms with E-state index in [2.05, 4.69) is 25.1 Å². The van der Waals surface area contributed by atoms with E-state index in [4.69, 9.17) is 9.47 Å². The summed E-state index contributed by atoms with van der Waals surface area (Å²) in [5.74, 6) is 2.25. The average Bonchev–Trinajstić information content (AvgIpc) is 3.20. The predicted molar refractivity (Wildman–Crippen MR) is 99.7 cm³/mol. The number of ether oxygens (including phenoxy) is 2. The topological polar surface area (TPSA) is 79.8 Å². The number of benzene rings is 1. The highest BCUT2D eigenvalue weighted by Crippen LogP contribution is 2.32. The summed E-state index contributed by atoms with van der Waals surface area (Å²) in [6.07, 6.45) is 3.50. The molecule has 8 heteroatoms. The zero-order chi connectivity index (χ0) is 18.6. The zero-order valence-corrected chi connectivity index (χ0v) is 15.3. The number of rotatable bonds is 5. The second-order valence-corrected chi connectivity index (χ2v) is 6.65. The number of carbonyl (C=O) groups excluding carboxylic acids is 1. The Hall–Kier alpha value is -2.87. The van der Waals surface area contributed by atoms with Gasteiger partial charge < -0.3 is 19.7 Å². The molecule has 0 bridgehead atoms. The molecule has 2 aliphatic heterocycles. The summed E-state index contributed by atoms with van der Waals surface area (Å²) in [5.41, 5.74) is 0.992. The molecule has 1 atom stereocenters. The van der Waals surface area contributed by atoms with Crippen molar-refractivity contribution in [3.8, 4) is 11.5 Å². The molecule has 1 N–H and O–H groups in total. The van der Waals surface area contributed by atoms with Crippen molar-refractivity contribution in [3.05, 3.63) is 42.2 Å². The minimum Gasteiger partial charge on any atom is -0.454 e. The molecule has 0 radical (unpaired) electrons. The van der Waals surface area contributed by atoms with Crippen LogP contribution in [0.4, 0.5) is 5.95 Å². The van der Waals surface area contributed by atoms with Crippen molar-refractivity contribution in [3.63, 3.8) is 0 Å². The van der Waals surface area contributed by atoms with Crippen LogP contribution in [0.5, 0.6) is 11.5 Å². The third kappa shape index (κ3) is 3.95. The van der Waals surface area contributed by atoms with Crippen LogP contribution in [0.15, 0.2) is 36.7 Å². The Balaban J connectivity index is 1.27. The number of hydrogen-bond acceptors (Lipinski definition) is 7. The molecule has 8 nitrogen and oxygen atoms in total. The number of anilines is 1. The van der Waals surface area contributed by atoms with Gasteiger partial charge in [0.15, 0.2) is 11.5 Å². The van der Waals surface area contributed by atoms with Gasteiger partial charge in [0.1, 0.15) is 0 Å². The van der Waals surface area contributed by atoms with Crippen LogP contribution in [-0.4, -0.2) is 59.8 Å². The molecule has 2 aliphatic rings. The fraction of sp³-hybridized carbons (Fsp3) is 0.421. The summed E-state index contributed by atoms with van der Waals surface area (Å²) in [4.78, 5) is 25.5. The van der Waals surface area contributed by atoms with Crippen LogP contribution in [0.25, 0.3) is 0 Å². The van der Waals surface area contributed by atoms with Gasteiger partial charge in [-0.1, -0.05) is 6.07 Å². The molecule has 1 amide bonds. The third-order valence-corrected chi connectivity index (χ3v) is 4.98. The van der Waals surface area contributed by atoms with Gasteiger partial charge >= 0.3 is 0 Å². The lowest BCUT2D eigenvalue weighted by molar-refractivity contribution is -0.126. The van der Waals surface area contributed by atoms with Crippen LogP contribution in [-0.2, 0) is 11.3 Å². The smallest absolute Gasteiger partial charge is 0.237 e. The summed E-state index contributed by atoms with van der Waals surface area (Å²) in [6, 6.07) is 7.35. The molecule has 142 valence electrons. The SMILES string of the molecule is CC(C(=O)NCc1ccc2c(c1)OCO2)N1CCN(c2ncccn2)CC1. The van der Waals surface area contributed by atoms with E-state index in [1.165, 1.54) is 0 Å². The highest BCUT2D eigenvalue weighted by molar-refractivity contribution is 5.81. The van der Waals surface area contributed by atoms with Gasteiger partial charge in [-0.3, -0.25) is 9.69 Å². The van der Waals surface area contributed by atoms with Crippen molar-refractivity contribution in [2.24, 2.45) is 0 Å². The van der Waals surface area contributed by atoms with Crippen molar-refractivity contribution in [1.82, 2.24) is 20.2 Å². The fourth-order valence-electron chi connectivity index (χ4n) is 3.32. The van der Waals surface area contributed by atoms with E-state index >= 15 is 0 Å². The first-order valence-electron chi connectivity index (χ1n) is 9.13. The molecule has 1 aromatic heterocycles. The van der Waals surface area contributed by atoms with E-state index in [0.29, 0.717) is 6.54 Å². The first-order valence-corrected chi connectivity index (χ1v) is 9.13. The van der Waals surface area contributed by atoms with E-state index < -0.39 is 0 Å². The van der Waals surface area contributed by atoms with Crippen LogP contribution < -0.4 is 19.7 Å². The van der Waals surface area contributed by atoms with E-state index in [1.807, 2.05) is 31.2 Å². The molecule has 0 saturated carbocycles. The van der Waals surface area contributed by atoms with Crippen LogP contribution in [0.1, 0.15) is 12.5 Å². The quantitative estimate of drug-likeness (QED) is 0.843. The van der Waals surface area contributed by atoms with Gasteiger partial charge in [0.2, 0.25) is 18.6 Å². The number of piperazine rings is 1. The molecule has 1 aromatic carbocycles. The maximum atomic E-state index is 12.6. The molecule has 4 rings (SSSR count). The number of aromatic nitrogens is 2. The maximum absolute atomic E-state index is 12.6. The number of nitrogens with one attached hydrogen (secondary N) is 1. The van der Waals surface area contributed by atoms with Crippen molar-refractivity contribution in [1.29, 1.82) is 0 Å². The van der Waals surface area contributed by atoms with E-state index in [9.17, 15) is 4.79 Å². The van der Waals surface area contributed by atoms with Crippen molar-refractivity contribution >= 4 is 11.9 Å². The van der Waals surface area contributed by atoms with Gasteiger partial charge in [0, 0.05) is 45.1 Å². The Bertz CT molecular complexity index is 793. The maximum Gasteiger partial charge on any atom is 0.237 e. The average molecular weight is 369 g/mol. The number of amides is 1. The van der Waals surface area contributed by atoms with E-state index in [1.54, 1.807) is 12.4 Å². The van der Waals surface area contributed by atoms with Gasteiger partial charge in [-0.05, 0) is 30.7 Å². The summed E-state index contributed by atoms with van der Waals surface area (Å²) in [7, 11) is 0. The molecular formula is C19H23N5O3. The lowest BCUT2D eigenvalue weighted by atomic mass is 10.2. The van der Waals surface area contributed by atoms with Gasteiger partial charge in [-0.15, -0.1) is 0 Å². The van der Waals surface area contributed by atoms with Gasteiger partial charge in [0.25, 0.3) is 0 Å². The Morgan fingerprint density at radius 3 is 2.67 bits per heavy atom. The molecule has 1 unspecified atom stereocenters. The predicted octanol–water partition coefficient (Wildman–Crippen LogP) is 1.03. The minimum absolute atomic E-state index is 0.0251. The first-order chi connectivity index (χ1) is 13.2. The van der Waals surface area contributed by atoms with Gasteiger partial charge in [-0.25, -0.2) is 9.97 Å². The second-order valence-electron chi connectivity index (χ2n) is 6.65. The highest BCUT2D eigenvalue weighted by Gasteiger charge is 2.26. The Morgan fingerprint density at radius 1 is 1.15 bits per heavy atom. The standard InChI is InChI=1S/C19H23N5O3/c1-14(23-7-9-24(10-8-23)19-20-5-2-6-21-19)18(25)22-12-15-3-4-16-17(11-15)27-13-26-16/h2-6,11,14H,7-10,12-13H2,1H3,(H,22,25). The van der Waals surface area contributed by atoms with E-state index in [-0.39, 0.29) is 18.7 Å². The fourth-order valence-corrected chi connectivity index (χ4v) is 3.32. The van der Waals surface area contributed by atoms with Gasteiger partial charge in [-0.2, -0.15) is 0 Å². The van der Waals surface area contributed by atoms with Gasteiger partial charge in [0.05, 0.1) is 6.04 Å². The largest absolute Gasteiger partial charge is 0.454 e. The molecular weight excluding hydrogens is 346 g/mol. The van der Waals surface area contributed by atoms with E-state index in [0.717, 1.165) is 49.2 Å². The number of carbonyl (C=O) groups is 1. The lowest BCUT2D eigenvalue weighted by Gasteiger charge is -2.37. The molecule has 2 aromatic rings. The van der Waals surface area contributed by atoms with Crippen LogP contribution >= 0.6 is 0 Å². The highest BCUT2D eigenvalue weighted by atomic mass is 16.7. The Labute approximate surface area is 158 Å². The number of fused-ring (bicyclic) bond motifs is 1. The van der Waals surface area contributed by atoms with Crippen molar-refractivity contribution < 1.29 is 14.3 Å². The molecule has 0 spiro atoms. The van der Waals surface area contributed by atoms with Crippen molar-refractivity contribution in [2.45, 2.75) is 19.5 Å². The zero-order valence-electron chi connectivity index (χ0n) is 15.3. The summed E-state index contributed by atoms with van der Waals surface area (Å²) < 4.78 is 10.7. The summed E-state index contributed by atoms with van der Waals surface area (Å²) >= 11 is 0.